The molecule has 1 aliphatic rings. The Morgan fingerprint density at radius 1 is 1.43 bits per heavy atom. The number of esters is 2. The fourth-order valence-electron chi connectivity index (χ4n) is 2.73. The second-order valence-corrected chi connectivity index (χ2v) is 7.59. The number of methoxy groups -OCH3 is 1. The average Bonchev–Trinajstić information content (AvgIpc) is 2.65. The van der Waals surface area contributed by atoms with Gasteiger partial charge in [0.1, 0.15) is 17.4 Å². The molecule has 148 valence electrons. The lowest BCUT2D eigenvalue weighted by atomic mass is 9.83. The molecule has 7 nitrogen and oxygen atoms in total. The van der Waals surface area contributed by atoms with E-state index in [9.17, 15) is 14.9 Å². The summed E-state index contributed by atoms with van der Waals surface area (Å²) >= 11 is 4.65. The first-order valence-electron chi connectivity index (χ1n) is 8.28. The van der Waals surface area contributed by atoms with Crippen LogP contribution in [0.4, 0.5) is 0 Å². The molecule has 1 aromatic carbocycles. The van der Waals surface area contributed by atoms with Crippen LogP contribution in [0.15, 0.2) is 50.4 Å². The smallest absolute Gasteiger partial charge is 0.338 e. The van der Waals surface area contributed by atoms with Gasteiger partial charge in [0.25, 0.3) is 0 Å². The normalized spacial score (nSPS) is 16.3. The minimum atomic E-state index is -0.772. The molecule has 28 heavy (non-hydrogen) atoms. The van der Waals surface area contributed by atoms with Gasteiger partial charge in [0.2, 0.25) is 5.88 Å². The van der Waals surface area contributed by atoms with Gasteiger partial charge >= 0.3 is 11.9 Å². The predicted octanol–water partition coefficient (Wildman–Crippen LogP) is 3.36. The lowest BCUT2D eigenvalue weighted by molar-refractivity contribution is -0.139. The first kappa shape index (κ1) is 21.9. The van der Waals surface area contributed by atoms with Crippen molar-refractivity contribution in [2.45, 2.75) is 24.7 Å². The Kier molecular flexibility index (Phi) is 7.54. The number of hydrogen-bond donors (Lipinski definition) is 1. The molecular weight excluding hydrogens is 448 g/mol. The maximum absolute atomic E-state index is 12.6. The van der Waals surface area contributed by atoms with Crippen LogP contribution >= 0.6 is 27.7 Å². The summed E-state index contributed by atoms with van der Waals surface area (Å²) in [4.78, 5) is 24.9. The van der Waals surface area contributed by atoms with Crippen molar-refractivity contribution >= 4 is 39.6 Å². The summed E-state index contributed by atoms with van der Waals surface area (Å²) in [5.74, 6) is -1.47. The van der Waals surface area contributed by atoms with E-state index in [0.717, 1.165) is 4.47 Å². The second kappa shape index (κ2) is 9.66. The number of nitrogens with two attached hydrogens (primary N) is 1. The van der Waals surface area contributed by atoms with E-state index in [0.29, 0.717) is 10.5 Å². The van der Waals surface area contributed by atoms with Gasteiger partial charge in [0.15, 0.2) is 0 Å². The van der Waals surface area contributed by atoms with Crippen molar-refractivity contribution in [3.8, 4) is 6.07 Å². The van der Waals surface area contributed by atoms with Gasteiger partial charge in [0, 0.05) is 9.37 Å². The van der Waals surface area contributed by atoms with Gasteiger partial charge < -0.3 is 19.9 Å². The molecule has 1 heterocycles. The van der Waals surface area contributed by atoms with Crippen molar-refractivity contribution < 1.29 is 23.8 Å². The summed E-state index contributed by atoms with van der Waals surface area (Å²) in [5, 5.41) is 9.68. The second-order valence-electron chi connectivity index (χ2n) is 5.66. The molecule has 2 rings (SSSR count). The molecule has 0 saturated heterocycles. The molecule has 0 amide bonds. The molecule has 9 heteroatoms. The number of allylic oxidation sites excluding steroid dienone is 2. The molecule has 0 radical (unpaired) electrons. The van der Waals surface area contributed by atoms with Crippen LogP contribution in [0.1, 0.15) is 25.3 Å². The van der Waals surface area contributed by atoms with Crippen molar-refractivity contribution in [3.05, 3.63) is 51.0 Å². The Labute approximate surface area is 175 Å². The number of hydrogen-bond acceptors (Lipinski definition) is 8. The zero-order valence-electron chi connectivity index (χ0n) is 15.6. The first-order chi connectivity index (χ1) is 13.3. The number of nitriles is 1. The molecule has 0 bridgehead atoms. The molecule has 0 aliphatic carbocycles. The zero-order chi connectivity index (χ0) is 20.8. The Morgan fingerprint density at radius 3 is 2.75 bits per heavy atom. The van der Waals surface area contributed by atoms with Crippen LogP contribution in [0.2, 0.25) is 0 Å². The Bertz CT molecular complexity index is 904. The summed E-state index contributed by atoms with van der Waals surface area (Å²) in [6.45, 7) is 3.47. The number of thioether (sulfide) groups is 1. The van der Waals surface area contributed by atoms with Crippen LogP contribution in [-0.4, -0.2) is 31.4 Å². The summed E-state index contributed by atoms with van der Waals surface area (Å²) in [7, 11) is 1.31. The zero-order valence-corrected chi connectivity index (χ0v) is 18.0. The fraction of sp³-hybridized carbons (Fsp3) is 0.316. The van der Waals surface area contributed by atoms with Crippen molar-refractivity contribution in [3.63, 3.8) is 0 Å². The van der Waals surface area contributed by atoms with Gasteiger partial charge in [-0.25, -0.2) is 4.79 Å². The maximum atomic E-state index is 12.6. The SMILES string of the molecule is CCOC(=O)C1=C(C)OC(N)=C(C#N)C1c1ccc(Br)cc1SCC(=O)OC. The highest BCUT2D eigenvalue weighted by Gasteiger charge is 2.37. The van der Waals surface area contributed by atoms with Crippen LogP contribution in [0.25, 0.3) is 0 Å². The molecule has 1 unspecified atom stereocenters. The predicted molar refractivity (Wildman–Crippen MR) is 107 cm³/mol. The van der Waals surface area contributed by atoms with Gasteiger partial charge in [-0.1, -0.05) is 22.0 Å². The van der Waals surface area contributed by atoms with Crippen LogP contribution in [-0.2, 0) is 23.8 Å². The fourth-order valence-corrected chi connectivity index (χ4v) is 4.20. The third-order valence-electron chi connectivity index (χ3n) is 3.96. The Morgan fingerprint density at radius 2 is 2.14 bits per heavy atom. The van der Waals surface area contributed by atoms with E-state index in [1.54, 1.807) is 26.0 Å². The summed E-state index contributed by atoms with van der Waals surface area (Å²) < 4.78 is 16.1. The molecule has 0 aromatic heterocycles. The van der Waals surface area contributed by atoms with Crippen LogP contribution in [0.3, 0.4) is 0 Å². The summed E-state index contributed by atoms with van der Waals surface area (Å²) in [6, 6.07) is 7.41. The highest BCUT2D eigenvalue weighted by atomic mass is 79.9. The van der Waals surface area contributed by atoms with Crippen LogP contribution in [0, 0.1) is 11.3 Å². The number of rotatable bonds is 6. The molecule has 1 aliphatic heterocycles. The van der Waals surface area contributed by atoms with Gasteiger partial charge in [0.05, 0.1) is 31.0 Å². The van der Waals surface area contributed by atoms with E-state index >= 15 is 0 Å². The highest BCUT2D eigenvalue weighted by molar-refractivity contribution is 9.10. The van der Waals surface area contributed by atoms with Gasteiger partial charge in [-0.15, -0.1) is 11.8 Å². The minimum absolute atomic E-state index is 0.0649. The molecule has 0 saturated carbocycles. The maximum Gasteiger partial charge on any atom is 0.338 e. The van der Waals surface area contributed by atoms with Crippen molar-refractivity contribution in [1.82, 2.24) is 0 Å². The molecule has 0 fully saturated rings. The number of halogens is 1. The van der Waals surface area contributed by atoms with E-state index in [2.05, 4.69) is 15.9 Å². The molecule has 0 spiro atoms. The Hall–Kier alpha value is -2.44. The monoisotopic (exact) mass is 466 g/mol. The Balaban J connectivity index is 2.62. The molecule has 1 atom stereocenters. The number of nitrogens with zero attached hydrogens (tertiary/aromatic N) is 1. The van der Waals surface area contributed by atoms with E-state index < -0.39 is 17.9 Å². The van der Waals surface area contributed by atoms with E-state index in [4.69, 9.17) is 19.9 Å². The summed E-state index contributed by atoms with van der Waals surface area (Å²) in [6.07, 6.45) is 0. The van der Waals surface area contributed by atoms with Crippen LogP contribution < -0.4 is 5.73 Å². The van der Waals surface area contributed by atoms with E-state index in [1.807, 2.05) is 12.1 Å². The van der Waals surface area contributed by atoms with Crippen LogP contribution in [0.5, 0.6) is 0 Å². The van der Waals surface area contributed by atoms with Gasteiger partial charge in [-0.2, -0.15) is 5.26 Å². The molecule has 2 N–H and O–H groups in total. The van der Waals surface area contributed by atoms with E-state index in [-0.39, 0.29) is 35.1 Å². The van der Waals surface area contributed by atoms with Crippen molar-refractivity contribution in [2.75, 3.05) is 19.5 Å². The minimum Gasteiger partial charge on any atom is -0.468 e. The lowest BCUT2D eigenvalue weighted by Crippen LogP contribution is -2.26. The number of carbonyl (C=O) groups is 2. The first-order valence-corrected chi connectivity index (χ1v) is 10.1. The third kappa shape index (κ3) is 4.69. The standard InChI is InChI=1S/C19H19BrN2O5S/c1-4-26-19(24)16-10(2)27-18(22)13(8-21)17(16)12-6-5-11(20)7-14(12)28-9-15(23)25-3/h5-7,17H,4,9,22H2,1-3H3. The van der Waals surface area contributed by atoms with Gasteiger partial charge in [-0.3, -0.25) is 4.79 Å². The average molecular weight is 467 g/mol. The lowest BCUT2D eigenvalue weighted by Gasteiger charge is -2.28. The van der Waals surface area contributed by atoms with Crippen molar-refractivity contribution in [2.24, 2.45) is 5.73 Å². The third-order valence-corrected chi connectivity index (χ3v) is 5.50. The number of benzene rings is 1. The summed E-state index contributed by atoms with van der Waals surface area (Å²) in [5.41, 5.74) is 6.88. The number of carbonyl (C=O) groups excluding carboxylic acids is 2. The molecular formula is C19H19BrN2O5S. The quantitative estimate of drug-likeness (QED) is 0.501. The van der Waals surface area contributed by atoms with E-state index in [1.165, 1.54) is 18.9 Å². The van der Waals surface area contributed by atoms with Crippen molar-refractivity contribution in [1.29, 1.82) is 5.26 Å². The highest BCUT2D eigenvalue weighted by Crippen LogP contribution is 2.43. The largest absolute Gasteiger partial charge is 0.468 e. The van der Waals surface area contributed by atoms with Gasteiger partial charge in [-0.05, 0) is 31.5 Å². The number of ether oxygens (including phenoxy) is 3. The molecule has 1 aromatic rings. The topological polar surface area (TPSA) is 112 Å².